The topological polar surface area (TPSA) is 41.9 Å². The number of nitrogens with zero attached hydrogens (tertiary/aromatic N) is 1. The fourth-order valence-corrected chi connectivity index (χ4v) is 4.85. The number of aliphatic hydroxyl groups excluding tert-OH is 1. The van der Waals surface area contributed by atoms with E-state index in [9.17, 15) is 8.78 Å². The molecule has 30 heavy (non-hydrogen) atoms. The molecule has 0 aromatic heterocycles. The maximum Gasteiger partial charge on any atom is 0.123 e. The van der Waals surface area contributed by atoms with Crippen molar-refractivity contribution < 1.29 is 23.4 Å². The van der Waals surface area contributed by atoms with Crippen molar-refractivity contribution in [3.05, 3.63) is 71.3 Å². The Balaban J connectivity index is 1.45. The van der Waals surface area contributed by atoms with Crippen LogP contribution in [0.25, 0.3) is 0 Å². The molecule has 2 fully saturated rings. The van der Waals surface area contributed by atoms with Gasteiger partial charge in [-0.2, -0.15) is 0 Å². The third-order valence-corrected chi connectivity index (χ3v) is 6.24. The number of aliphatic hydroxyl groups is 1. The first-order valence-corrected chi connectivity index (χ1v) is 10.7. The van der Waals surface area contributed by atoms with Crippen molar-refractivity contribution in [1.82, 2.24) is 4.90 Å². The summed E-state index contributed by atoms with van der Waals surface area (Å²) in [4.78, 5) is 2.52. The van der Waals surface area contributed by atoms with Crippen LogP contribution in [0.2, 0.25) is 0 Å². The smallest absolute Gasteiger partial charge is 0.123 e. The van der Waals surface area contributed by atoms with Crippen LogP contribution in [0.3, 0.4) is 0 Å². The number of ether oxygens (including phenoxy) is 2. The van der Waals surface area contributed by atoms with Crippen LogP contribution in [0.5, 0.6) is 0 Å². The molecule has 0 amide bonds. The van der Waals surface area contributed by atoms with E-state index < -0.39 is 0 Å². The first kappa shape index (κ1) is 21.4. The number of hydrogen-bond acceptors (Lipinski definition) is 4. The lowest BCUT2D eigenvalue weighted by Gasteiger charge is -2.40. The fraction of sp³-hybridized carbons (Fsp3) is 0.500. The predicted octanol–water partition coefficient (Wildman–Crippen LogP) is 4.08. The van der Waals surface area contributed by atoms with Gasteiger partial charge in [0.1, 0.15) is 17.7 Å². The Morgan fingerprint density at radius 2 is 1.40 bits per heavy atom. The van der Waals surface area contributed by atoms with Crippen molar-refractivity contribution >= 4 is 0 Å². The first-order valence-electron chi connectivity index (χ1n) is 10.7. The van der Waals surface area contributed by atoms with Crippen LogP contribution >= 0.6 is 0 Å². The highest BCUT2D eigenvalue weighted by Gasteiger charge is 2.41. The minimum atomic E-state index is -0.352. The highest BCUT2D eigenvalue weighted by Crippen LogP contribution is 2.39. The number of benzene rings is 2. The minimum absolute atomic E-state index is 0.0525. The van der Waals surface area contributed by atoms with Gasteiger partial charge in [0.15, 0.2) is 0 Å². The molecule has 0 radical (unpaired) electrons. The van der Waals surface area contributed by atoms with Crippen molar-refractivity contribution in [1.29, 1.82) is 0 Å². The normalized spacial score (nSPS) is 23.9. The molecule has 2 aliphatic rings. The van der Waals surface area contributed by atoms with E-state index >= 15 is 0 Å². The van der Waals surface area contributed by atoms with Gasteiger partial charge >= 0.3 is 0 Å². The molecule has 3 atom stereocenters. The number of hydrogen-bond donors (Lipinski definition) is 1. The number of rotatable bonds is 9. The van der Waals surface area contributed by atoms with Gasteiger partial charge in [-0.15, -0.1) is 0 Å². The lowest BCUT2D eigenvalue weighted by Crippen LogP contribution is -2.47. The second-order valence-corrected chi connectivity index (χ2v) is 8.17. The average molecular weight is 417 g/mol. The largest absolute Gasteiger partial charge is 0.394 e. The molecule has 2 saturated heterocycles. The molecular formula is C24H29F2NO3. The molecule has 2 heterocycles. The maximum atomic E-state index is 13.4. The van der Waals surface area contributed by atoms with Gasteiger partial charge in [-0.25, -0.2) is 8.78 Å². The van der Waals surface area contributed by atoms with Crippen LogP contribution in [-0.2, 0) is 9.47 Å². The highest BCUT2D eigenvalue weighted by atomic mass is 19.1. The summed E-state index contributed by atoms with van der Waals surface area (Å²) < 4.78 is 38.9. The lowest BCUT2D eigenvalue weighted by atomic mass is 9.97. The molecule has 6 heteroatoms. The van der Waals surface area contributed by atoms with E-state index in [1.807, 2.05) is 0 Å². The van der Waals surface area contributed by atoms with Crippen LogP contribution in [0.15, 0.2) is 48.5 Å². The quantitative estimate of drug-likeness (QED) is 0.625. The van der Waals surface area contributed by atoms with Gasteiger partial charge in [0.25, 0.3) is 0 Å². The third-order valence-electron chi connectivity index (χ3n) is 6.24. The van der Waals surface area contributed by atoms with Crippen molar-refractivity contribution in [2.24, 2.45) is 0 Å². The first-order chi connectivity index (χ1) is 14.6. The summed E-state index contributed by atoms with van der Waals surface area (Å²) in [6.07, 6.45) is 3.93. The number of fused-ring (bicyclic) bond motifs is 2. The molecule has 4 nitrogen and oxygen atoms in total. The zero-order valence-corrected chi connectivity index (χ0v) is 17.1. The van der Waals surface area contributed by atoms with Crippen LogP contribution in [0.4, 0.5) is 8.78 Å². The summed E-state index contributed by atoms with van der Waals surface area (Å²) in [5, 5.41) is 8.86. The second kappa shape index (κ2) is 9.96. The van der Waals surface area contributed by atoms with E-state index in [0.717, 1.165) is 43.4 Å². The van der Waals surface area contributed by atoms with Gasteiger partial charge in [-0.1, -0.05) is 24.3 Å². The molecule has 0 aliphatic carbocycles. The van der Waals surface area contributed by atoms with Crippen LogP contribution in [0.1, 0.15) is 42.9 Å². The summed E-state index contributed by atoms with van der Waals surface area (Å²) in [5.74, 6) is -0.572. The van der Waals surface area contributed by atoms with Gasteiger partial charge < -0.3 is 14.6 Å². The molecular weight excluding hydrogens is 388 g/mol. The standard InChI is InChI=1S/C24H29F2NO3/c25-19-5-1-17(2-6-19)24(18-3-7-20(26)8-4-18)30-23-15-21-9-10-22(16-23)27(21)11-13-29-14-12-28/h1-8,21-24,28H,9-16H2/t21-,22+,23?. The Morgan fingerprint density at radius 3 is 1.90 bits per heavy atom. The predicted molar refractivity (Wildman–Crippen MR) is 110 cm³/mol. The molecule has 1 N–H and O–H groups in total. The molecule has 162 valence electrons. The van der Waals surface area contributed by atoms with Gasteiger partial charge in [-0.05, 0) is 61.1 Å². The molecule has 2 aromatic rings. The minimum Gasteiger partial charge on any atom is -0.394 e. The summed E-state index contributed by atoms with van der Waals surface area (Å²) in [6, 6.07) is 13.7. The molecule has 4 rings (SSSR count). The zero-order chi connectivity index (χ0) is 20.9. The molecule has 0 saturated carbocycles. The maximum absolute atomic E-state index is 13.4. The van der Waals surface area contributed by atoms with Gasteiger partial charge in [0.2, 0.25) is 0 Å². The van der Waals surface area contributed by atoms with Crippen molar-refractivity contribution in [3.8, 4) is 0 Å². The Labute approximate surface area is 176 Å². The summed E-state index contributed by atoms with van der Waals surface area (Å²) in [5.41, 5.74) is 1.74. The van der Waals surface area contributed by atoms with E-state index in [-0.39, 0.29) is 30.4 Å². The summed E-state index contributed by atoms with van der Waals surface area (Å²) in [7, 11) is 0. The lowest BCUT2D eigenvalue weighted by molar-refractivity contribution is -0.0534. The fourth-order valence-electron chi connectivity index (χ4n) is 4.85. The SMILES string of the molecule is OCCOCCN1[C@@H]2CC[C@H]1CC(OC(c1ccc(F)cc1)c1ccc(F)cc1)C2. The Hall–Kier alpha value is -1.86. The molecule has 2 aliphatic heterocycles. The number of halogens is 2. The second-order valence-electron chi connectivity index (χ2n) is 8.17. The van der Waals surface area contributed by atoms with Crippen molar-refractivity contribution in [3.63, 3.8) is 0 Å². The molecule has 1 unspecified atom stereocenters. The monoisotopic (exact) mass is 417 g/mol. The zero-order valence-electron chi connectivity index (χ0n) is 17.1. The van der Waals surface area contributed by atoms with Crippen LogP contribution < -0.4 is 0 Å². The summed E-state index contributed by atoms with van der Waals surface area (Å²) >= 11 is 0. The van der Waals surface area contributed by atoms with Gasteiger partial charge in [0.05, 0.1) is 25.9 Å². The van der Waals surface area contributed by atoms with Crippen LogP contribution in [0, 0.1) is 11.6 Å². The Kier molecular flexibility index (Phi) is 7.10. The van der Waals surface area contributed by atoms with Gasteiger partial charge in [0, 0.05) is 18.6 Å². The van der Waals surface area contributed by atoms with Gasteiger partial charge in [-0.3, -0.25) is 4.90 Å². The van der Waals surface area contributed by atoms with E-state index in [0.29, 0.717) is 25.3 Å². The van der Waals surface area contributed by atoms with Crippen LogP contribution in [-0.4, -0.2) is 54.6 Å². The Bertz CT molecular complexity index is 740. The molecule has 0 spiro atoms. The average Bonchev–Trinajstić information content (AvgIpc) is 2.99. The van der Waals surface area contributed by atoms with E-state index in [1.54, 1.807) is 24.3 Å². The van der Waals surface area contributed by atoms with E-state index in [4.69, 9.17) is 14.6 Å². The molecule has 2 aromatic carbocycles. The van der Waals surface area contributed by atoms with Crippen molar-refractivity contribution in [2.45, 2.75) is 50.0 Å². The number of piperidine rings is 1. The third kappa shape index (κ3) is 5.06. The summed E-state index contributed by atoms with van der Waals surface area (Å²) in [6.45, 7) is 1.94. The van der Waals surface area contributed by atoms with E-state index in [1.165, 1.54) is 24.3 Å². The van der Waals surface area contributed by atoms with E-state index in [2.05, 4.69) is 4.90 Å². The van der Waals surface area contributed by atoms with Crippen molar-refractivity contribution in [2.75, 3.05) is 26.4 Å². The molecule has 2 bridgehead atoms. The Morgan fingerprint density at radius 1 is 0.867 bits per heavy atom. The highest BCUT2D eigenvalue weighted by molar-refractivity contribution is 5.30.